The molecule has 0 atom stereocenters. The Hall–Kier alpha value is -2.59. The van der Waals surface area contributed by atoms with Crippen LogP contribution < -0.4 is 0 Å². The summed E-state index contributed by atoms with van der Waals surface area (Å²) >= 11 is 6.02. The summed E-state index contributed by atoms with van der Waals surface area (Å²) in [5.74, 6) is -0.373. The molecule has 3 rings (SSSR count). The van der Waals surface area contributed by atoms with Crippen LogP contribution in [-0.2, 0) is 11.3 Å². The number of pyridine rings is 1. The summed E-state index contributed by atoms with van der Waals surface area (Å²) in [6.45, 7) is 4.66. The van der Waals surface area contributed by atoms with Gasteiger partial charge >= 0.3 is 5.97 Å². The van der Waals surface area contributed by atoms with Crippen LogP contribution in [0, 0.1) is 0 Å². The number of ether oxygens (including phenoxy) is 1. The zero-order valence-electron chi connectivity index (χ0n) is 12.6. The predicted octanol–water partition coefficient (Wildman–Crippen LogP) is 3.98. The van der Waals surface area contributed by atoms with Crippen molar-refractivity contribution in [2.45, 2.75) is 6.54 Å². The van der Waals surface area contributed by atoms with Gasteiger partial charge in [0.05, 0.1) is 24.9 Å². The van der Waals surface area contributed by atoms with Gasteiger partial charge < -0.3 is 9.64 Å². The summed E-state index contributed by atoms with van der Waals surface area (Å²) in [7, 11) is 1.36. The van der Waals surface area contributed by atoms with E-state index in [1.807, 2.05) is 35.4 Å². The van der Waals surface area contributed by atoms with Crippen LogP contribution in [0.1, 0.15) is 27.2 Å². The summed E-state index contributed by atoms with van der Waals surface area (Å²) in [6.07, 6.45) is 5.53. The Balaban J connectivity index is 1.84. The number of carbonyl (C=O) groups excluding carboxylic acids is 1. The van der Waals surface area contributed by atoms with Crippen molar-refractivity contribution in [3.05, 3.63) is 76.7 Å². The second-order valence-electron chi connectivity index (χ2n) is 5.15. The zero-order valence-corrected chi connectivity index (χ0v) is 13.4. The summed E-state index contributed by atoms with van der Waals surface area (Å²) in [4.78, 5) is 17.9. The van der Waals surface area contributed by atoms with Crippen molar-refractivity contribution >= 4 is 29.3 Å². The third kappa shape index (κ3) is 3.12. The SMILES string of the molecule is C=C1c2ccc(Cl)cc2C=CN1Cc1cc(C(=O)OC)ccn1. The normalized spacial score (nSPS) is 13.0. The minimum Gasteiger partial charge on any atom is -0.465 e. The first-order chi connectivity index (χ1) is 11.1. The van der Waals surface area contributed by atoms with Crippen molar-refractivity contribution in [1.82, 2.24) is 9.88 Å². The molecule has 1 aromatic heterocycles. The second-order valence-corrected chi connectivity index (χ2v) is 5.59. The standard InChI is InChI=1S/C18H15ClN2O2/c1-12-17-4-3-15(19)9-13(17)6-8-21(12)11-16-10-14(5-7-20-16)18(22)23-2/h3-10H,1,11H2,2H3. The van der Waals surface area contributed by atoms with Crippen LogP contribution in [0.5, 0.6) is 0 Å². The van der Waals surface area contributed by atoms with Gasteiger partial charge in [-0.05, 0) is 35.9 Å². The van der Waals surface area contributed by atoms with Crippen LogP contribution in [0.25, 0.3) is 11.8 Å². The van der Waals surface area contributed by atoms with Crippen molar-refractivity contribution in [3.63, 3.8) is 0 Å². The highest BCUT2D eigenvalue weighted by molar-refractivity contribution is 6.30. The van der Waals surface area contributed by atoms with E-state index in [4.69, 9.17) is 16.3 Å². The Labute approximate surface area is 139 Å². The van der Waals surface area contributed by atoms with Crippen LogP contribution in [0.3, 0.4) is 0 Å². The Kier molecular flexibility index (Phi) is 4.17. The van der Waals surface area contributed by atoms with Crippen LogP contribution in [-0.4, -0.2) is 23.0 Å². The first-order valence-electron chi connectivity index (χ1n) is 7.05. The van der Waals surface area contributed by atoms with Crippen LogP contribution in [0.15, 0.2) is 49.3 Å². The third-order valence-corrected chi connectivity index (χ3v) is 3.91. The first kappa shape index (κ1) is 15.3. The number of esters is 1. The Morgan fingerprint density at radius 3 is 2.96 bits per heavy atom. The number of halogens is 1. The van der Waals surface area contributed by atoms with Gasteiger partial charge in [-0.1, -0.05) is 24.2 Å². The number of fused-ring (bicyclic) bond motifs is 1. The molecule has 0 fully saturated rings. The van der Waals surface area contributed by atoms with Gasteiger partial charge in [-0.2, -0.15) is 0 Å². The van der Waals surface area contributed by atoms with E-state index >= 15 is 0 Å². The zero-order chi connectivity index (χ0) is 16.4. The lowest BCUT2D eigenvalue weighted by atomic mass is 10.0. The molecule has 0 saturated heterocycles. The first-order valence-corrected chi connectivity index (χ1v) is 7.43. The fraction of sp³-hybridized carbons (Fsp3) is 0.111. The van der Waals surface area contributed by atoms with Crippen molar-refractivity contribution in [2.24, 2.45) is 0 Å². The number of nitrogens with zero attached hydrogens (tertiary/aromatic N) is 2. The van der Waals surface area contributed by atoms with Gasteiger partial charge in [0, 0.05) is 28.7 Å². The van der Waals surface area contributed by atoms with Crippen LogP contribution in [0.2, 0.25) is 5.02 Å². The highest BCUT2D eigenvalue weighted by Gasteiger charge is 2.17. The fourth-order valence-corrected chi connectivity index (χ4v) is 2.66. The van der Waals surface area contributed by atoms with Gasteiger partial charge in [-0.3, -0.25) is 4.98 Å². The minimum absolute atomic E-state index is 0.373. The van der Waals surface area contributed by atoms with E-state index in [1.165, 1.54) is 7.11 Å². The van der Waals surface area contributed by atoms with E-state index in [0.29, 0.717) is 17.1 Å². The number of methoxy groups -OCH3 is 1. The van der Waals surface area contributed by atoms with Gasteiger partial charge in [0.15, 0.2) is 0 Å². The highest BCUT2D eigenvalue weighted by atomic mass is 35.5. The maximum Gasteiger partial charge on any atom is 0.337 e. The summed E-state index contributed by atoms with van der Waals surface area (Å²) < 4.78 is 4.74. The molecule has 0 radical (unpaired) electrons. The third-order valence-electron chi connectivity index (χ3n) is 3.68. The molecule has 0 saturated carbocycles. The molecule has 1 aromatic carbocycles. The number of rotatable bonds is 3. The molecule has 0 amide bonds. The van der Waals surface area contributed by atoms with Crippen LogP contribution in [0.4, 0.5) is 0 Å². The number of hydrogen-bond acceptors (Lipinski definition) is 4. The Bertz CT molecular complexity index is 814. The smallest absolute Gasteiger partial charge is 0.337 e. The van der Waals surface area contributed by atoms with E-state index in [2.05, 4.69) is 11.6 Å². The van der Waals surface area contributed by atoms with Gasteiger partial charge in [0.1, 0.15) is 0 Å². The second kappa shape index (κ2) is 6.26. The number of carbonyl (C=O) groups is 1. The maximum atomic E-state index is 11.6. The molecule has 0 aliphatic carbocycles. The predicted molar refractivity (Wildman–Crippen MR) is 90.6 cm³/mol. The average Bonchev–Trinajstić information content (AvgIpc) is 2.57. The molecule has 1 aliphatic heterocycles. The van der Waals surface area contributed by atoms with E-state index in [1.54, 1.807) is 18.3 Å². The highest BCUT2D eigenvalue weighted by Crippen LogP contribution is 2.30. The van der Waals surface area contributed by atoms with Crippen molar-refractivity contribution in [3.8, 4) is 0 Å². The largest absolute Gasteiger partial charge is 0.465 e. The molecule has 116 valence electrons. The number of benzene rings is 1. The molecule has 5 heteroatoms. The Morgan fingerprint density at radius 2 is 2.17 bits per heavy atom. The number of hydrogen-bond donors (Lipinski definition) is 0. The lowest BCUT2D eigenvalue weighted by molar-refractivity contribution is 0.0600. The molecule has 0 spiro atoms. The van der Waals surface area contributed by atoms with Crippen molar-refractivity contribution in [2.75, 3.05) is 7.11 Å². The maximum absolute atomic E-state index is 11.6. The molecule has 0 unspecified atom stereocenters. The van der Waals surface area contributed by atoms with E-state index < -0.39 is 0 Å². The van der Waals surface area contributed by atoms with Gasteiger partial charge in [-0.15, -0.1) is 0 Å². The molecule has 0 bridgehead atoms. The van der Waals surface area contributed by atoms with Crippen LogP contribution >= 0.6 is 11.6 Å². The topological polar surface area (TPSA) is 42.4 Å². The average molecular weight is 327 g/mol. The Morgan fingerprint density at radius 1 is 1.35 bits per heavy atom. The molecular weight excluding hydrogens is 312 g/mol. The lowest BCUT2D eigenvalue weighted by Crippen LogP contribution is -2.19. The molecule has 4 nitrogen and oxygen atoms in total. The van der Waals surface area contributed by atoms with E-state index in [-0.39, 0.29) is 5.97 Å². The van der Waals surface area contributed by atoms with E-state index in [9.17, 15) is 4.79 Å². The minimum atomic E-state index is -0.373. The lowest BCUT2D eigenvalue weighted by Gasteiger charge is -2.27. The molecule has 0 N–H and O–H groups in total. The quantitative estimate of drug-likeness (QED) is 0.800. The monoisotopic (exact) mass is 326 g/mol. The number of aromatic nitrogens is 1. The molecule has 2 aromatic rings. The molecular formula is C18H15ClN2O2. The van der Waals surface area contributed by atoms with Gasteiger partial charge in [-0.25, -0.2) is 4.79 Å². The molecule has 1 aliphatic rings. The van der Waals surface area contributed by atoms with Gasteiger partial charge in [0.2, 0.25) is 0 Å². The summed E-state index contributed by atoms with van der Waals surface area (Å²) in [6, 6.07) is 9.07. The van der Waals surface area contributed by atoms with E-state index in [0.717, 1.165) is 22.5 Å². The van der Waals surface area contributed by atoms with Crippen molar-refractivity contribution < 1.29 is 9.53 Å². The molecule has 2 heterocycles. The summed E-state index contributed by atoms with van der Waals surface area (Å²) in [5, 5.41) is 0.696. The fourth-order valence-electron chi connectivity index (χ4n) is 2.48. The summed E-state index contributed by atoms with van der Waals surface area (Å²) in [5.41, 5.74) is 4.17. The van der Waals surface area contributed by atoms with Gasteiger partial charge in [0.25, 0.3) is 0 Å². The molecule has 23 heavy (non-hydrogen) atoms. The van der Waals surface area contributed by atoms with Crippen molar-refractivity contribution in [1.29, 1.82) is 0 Å².